The fourth-order valence-electron chi connectivity index (χ4n) is 1.41. The first-order chi connectivity index (χ1) is 8.72. The fraction of sp³-hybridized carbons (Fsp3) is 0.0769. The molecule has 3 nitrogen and oxygen atoms in total. The minimum Gasteiger partial charge on any atom is -0.487 e. The number of rotatable bonds is 3. The van der Waals surface area contributed by atoms with E-state index in [-0.39, 0.29) is 17.9 Å². The largest absolute Gasteiger partial charge is 0.487 e. The second kappa shape index (κ2) is 5.48. The summed E-state index contributed by atoms with van der Waals surface area (Å²) in [7, 11) is 0. The van der Waals surface area contributed by atoms with Crippen LogP contribution < -0.4 is 4.74 Å². The van der Waals surface area contributed by atoms with Crippen molar-refractivity contribution in [3.63, 3.8) is 0 Å². The zero-order valence-corrected chi connectivity index (χ0v) is 9.99. The Labute approximate surface area is 108 Å². The maximum Gasteiger partial charge on any atom is 0.144 e. The molecule has 0 bridgehead atoms. The van der Waals surface area contributed by atoms with Crippen molar-refractivity contribution < 1.29 is 9.13 Å². The normalized spacial score (nSPS) is 9.83. The van der Waals surface area contributed by atoms with Crippen LogP contribution in [0.1, 0.15) is 11.1 Å². The quantitative estimate of drug-likeness (QED) is 0.852. The molecule has 0 saturated carbocycles. The number of hydrogen-bond donors (Lipinski definition) is 0. The van der Waals surface area contributed by atoms with Crippen LogP contribution in [0.4, 0.5) is 4.39 Å². The third-order valence-electron chi connectivity index (χ3n) is 2.33. The Balaban J connectivity index is 2.19. The molecular formula is C13H8ClFN2O. The molecule has 18 heavy (non-hydrogen) atoms. The SMILES string of the molecule is N#Cc1c(F)cccc1OCc1ccncc1Cl. The summed E-state index contributed by atoms with van der Waals surface area (Å²) in [5.74, 6) is -0.402. The fourth-order valence-corrected chi connectivity index (χ4v) is 1.58. The van der Waals surface area contributed by atoms with Crippen molar-refractivity contribution in [2.45, 2.75) is 6.61 Å². The van der Waals surface area contributed by atoms with Crippen molar-refractivity contribution in [3.05, 3.63) is 58.6 Å². The van der Waals surface area contributed by atoms with E-state index in [1.165, 1.54) is 24.4 Å². The van der Waals surface area contributed by atoms with Crippen LogP contribution in [0.5, 0.6) is 5.75 Å². The van der Waals surface area contributed by atoms with Crippen LogP contribution in [0, 0.1) is 17.1 Å². The lowest BCUT2D eigenvalue weighted by molar-refractivity contribution is 0.303. The number of benzene rings is 1. The van der Waals surface area contributed by atoms with Crippen LogP contribution in [-0.4, -0.2) is 4.98 Å². The summed E-state index contributed by atoms with van der Waals surface area (Å²) >= 11 is 5.91. The van der Waals surface area contributed by atoms with Gasteiger partial charge >= 0.3 is 0 Å². The Morgan fingerprint density at radius 3 is 2.94 bits per heavy atom. The molecule has 0 radical (unpaired) electrons. The van der Waals surface area contributed by atoms with Crippen LogP contribution in [-0.2, 0) is 6.61 Å². The van der Waals surface area contributed by atoms with Gasteiger partial charge in [0.2, 0.25) is 0 Å². The minimum absolute atomic E-state index is 0.109. The van der Waals surface area contributed by atoms with E-state index in [1.54, 1.807) is 18.3 Å². The van der Waals surface area contributed by atoms with E-state index in [1.807, 2.05) is 0 Å². The second-order valence-corrected chi connectivity index (χ2v) is 3.89. The monoisotopic (exact) mass is 262 g/mol. The molecule has 1 aromatic carbocycles. The average Bonchev–Trinajstić information content (AvgIpc) is 2.38. The maximum atomic E-state index is 13.3. The van der Waals surface area contributed by atoms with E-state index >= 15 is 0 Å². The Kier molecular flexibility index (Phi) is 3.75. The van der Waals surface area contributed by atoms with Gasteiger partial charge in [0.15, 0.2) is 0 Å². The molecule has 0 spiro atoms. The number of nitrogens with zero attached hydrogens (tertiary/aromatic N) is 2. The van der Waals surface area contributed by atoms with Gasteiger partial charge in [0.1, 0.15) is 29.8 Å². The summed E-state index contributed by atoms with van der Waals surface area (Å²) in [5.41, 5.74) is 0.613. The van der Waals surface area contributed by atoms with Crippen LogP contribution in [0.3, 0.4) is 0 Å². The number of pyridine rings is 1. The van der Waals surface area contributed by atoms with Crippen LogP contribution in [0.15, 0.2) is 36.7 Å². The first-order valence-corrected chi connectivity index (χ1v) is 5.50. The molecule has 0 aliphatic carbocycles. The molecule has 0 aliphatic heterocycles. The highest BCUT2D eigenvalue weighted by Gasteiger charge is 2.09. The lowest BCUT2D eigenvalue weighted by Gasteiger charge is -2.09. The number of aromatic nitrogens is 1. The van der Waals surface area contributed by atoms with E-state index in [9.17, 15) is 4.39 Å². The first kappa shape index (κ1) is 12.3. The Morgan fingerprint density at radius 1 is 1.39 bits per heavy atom. The number of nitriles is 1. The summed E-state index contributed by atoms with van der Waals surface area (Å²) < 4.78 is 18.7. The zero-order chi connectivity index (χ0) is 13.0. The second-order valence-electron chi connectivity index (χ2n) is 3.48. The molecule has 0 amide bonds. The van der Waals surface area contributed by atoms with Gasteiger partial charge in [-0.2, -0.15) is 5.26 Å². The lowest BCUT2D eigenvalue weighted by atomic mass is 10.2. The standard InChI is InChI=1S/C13H8ClFN2O/c14-11-7-17-5-4-9(11)8-18-13-3-1-2-12(15)10(13)6-16/h1-5,7H,8H2. The molecule has 90 valence electrons. The van der Waals surface area contributed by atoms with Crippen molar-refractivity contribution in [2.75, 3.05) is 0 Å². The molecule has 0 fully saturated rings. The molecule has 2 aromatic rings. The predicted octanol–water partition coefficient (Wildman–Crippen LogP) is 3.32. The summed E-state index contributed by atoms with van der Waals surface area (Å²) in [5, 5.41) is 9.31. The molecule has 1 heterocycles. The molecular weight excluding hydrogens is 255 g/mol. The molecule has 5 heteroatoms. The maximum absolute atomic E-state index is 13.3. The highest BCUT2D eigenvalue weighted by atomic mass is 35.5. The van der Waals surface area contributed by atoms with Crippen molar-refractivity contribution >= 4 is 11.6 Å². The van der Waals surface area contributed by atoms with E-state index < -0.39 is 5.82 Å². The van der Waals surface area contributed by atoms with Gasteiger partial charge in [-0.15, -0.1) is 0 Å². The average molecular weight is 263 g/mol. The Morgan fingerprint density at radius 2 is 2.22 bits per heavy atom. The molecule has 0 aliphatic rings. The molecule has 0 unspecified atom stereocenters. The van der Waals surface area contributed by atoms with Crippen LogP contribution in [0.2, 0.25) is 5.02 Å². The van der Waals surface area contributed by atoms with Crippen LogP contribution in [0.25, 0.3) is 0 Å². The molecule has 0 N–H and O–H groups in total. The third kappa shape index (κ3) is 2.58. The van der Waals surface area contributed by atoms with Crippen molar-refractivity contribution in [3.8, 4) is 11.8 Å². The Hall–Kier alpha value is -2.12. The summed E-state index contributed by atoms with van der Waals surface area (Å²) in [6.45, 7) is 0.152. The topological polar surface area (TPSA) is 45.9 Å². The van der Waals surface area contributed by atoms with Crippen molar-refractivity contribution in [1.29, 1.82) is 5.26 Å². The van der Waals surface area contributed by atoms with Crippen molar-refractivity contribution in [1.82, 2.24) is 4.98 Å². The number of hydrogen-bond acceptors (Lipinski definition) is 3. The van der Waals surface area contributed by atoms with Gasteiger partial charge in [0, 0.05) is 18.0 Å². The molecule has 0 atom stereocenters. The van der Waals surface area contributed by atoms with Crippen LogP contribution >= 0.6 is 11.6 Å². The summed E-state index contributed by atoms with van der Waals surface area (Å²) in [6, 6.07) is 7.71. The van der Waals surface area contributed by atoms with Gasteiger partial charge in [-0.25, -0.2) is 4.39 Å². The van der Waals surface area contributed by atoms with Crippen molar-refractivity contribution in [2.24, 2.45) is 0 Å². The summed E-state index contributed by atoms with van der Waals surface area (Å²) in [6.07, 6.45) is 3.08. The van der Waals surface area contributed by atoms with Gasteiger partial charge in [-0.05, 0) is 18.2 Å². The smallest absolute Gasteiger partial charge is 0.144 e. The molecule has 1 aromatic heterocycles. The molecule has 2 rings (SSSR count). The van der Waals surface area contributed by atoms with Gasteiger partial charge < -0.3 is 4.74 Å². The zero-order valence-electron chi connectivity index (χ0n) is 9.23. The molecule has 0 saturated heterocycles. The van der Waals surface area contributed by atoms with Gasteiger partial charge in [0.25, 0.3) is 0 Å². The van der Waals surface area contributed by atoms with E-state index in [2.05, 4.69) is 4.98 Å². The highest BCUT2D eigenvalue weighted by molar-refractivity contribution is 6.31. The lowest BCUT2D eigenvalue weighted by Crippen LogP contribution is -1.99. The Bertz CT molecular complexity index is 610. The van der Waals surface area contributed by atoms with E-state index in [4.69, 9.17) is 21.6 Å². The minimum atomic E-state index is -0.601. The van der Waals surface area contributed by atoms with Gasteiger partial charge in [0.05, 0.1) is 5.02 Å². The third-order valence-corrected chi connectivity index (χ3v) is 2.67. The number of ether oxygens (including phenoxy) is 1. The highest BCUT2D eigenvalue weighted by Crippen LogP contribution is 2.22. The van der Waals surface area contributed by atoms with E-state index in [0.29, 0.717) is 5.02 Å². The predicted molar refractivity (Wildman–Crippen MR) is 64.7 cm³/mol. The van der Waals surface area contributed by atoms with Gasteiger partial charge in [-0.3, -0.25) is 4.98 Å². The van der Waals surface area contributed by atoms with E-state index in [0.717, 1.165) is 5.56 Å². The number of halogens is 2. The first-order valence-electron chi connectivity index (χ1n) is 5.12. The summed E-state index contributed by atoms with van der Waals surface area (Å²) in [4.78, 5) is 3.85. The van der Waals surface area contributed by atoms with Gasteiger partial charge in [-0.1, -0.05) is 17.7 Å².